The van der Waals surface area contributed by atoms with Gasteiger partial charge < -0.3 is 16.2 Å². The Labute approximate surface area is 221 Å². The molecule has 0 aliphatic rings. The van der Waals surface area contributed by atoms with Crippen molar-refractivity contribution in [2.45, 2.75) is 20.4 Å². The molecule has 5 aromatic carbocycles. The second-order valence-electron chi connectivity index (χ2n) is 9.13. The Morgan fingerprint density at radius 3 is 2.05 bits per heavy atom. The zero-order valence-corrected chi connectivity index (χ0v) is 21.3. The van der Waals surface area contributed by atoms with Crippen LogP contribution in [-0.2, 0) is 6.54 Å². The third-order valence-corrected chi connectivity index (χ3v) is 6.26. The molecule has 38 heavy (non-hydrogen) atoms. The normalized spacial score (nSPS) is 11.5. The molecule has 0 aliphatic heterocycles. The van der Waals surface area contributed by atoms with Gasteiger partial charge in [0.15, 0.2) is 5.75 Å². The van der Waals surface area contributed by atoms with E-state index >= 15 is 0 Å². The Morgan fingerprint density at radius 1 is 0.684 bits per heavy atom. The SMILES string of the molecule is Cc1cc(N=Nc2ccc3cc(NCc4ccc(N)cc4)ccc3c2O)c(C)cc1N=Nc1ccccc1. The van der Waals surface area contributed by atoms with Gasteiger partial charge in [0, 0.05) is 23.3 Å². The molecule has 188 valence electrons. The third kappa shape index (κ3) is 5.68. The average Bonchev–Trinajstić information content (AvgIpc) is 2.93. The molecule has 0 atom stereocenters. The van der Waals surface area contributed by atoms with Gasteiger partial charge in [-0.3, -0.25) is 0 Å². The molecule has 0 unspecified atom stereocenters. The summed E-state index contributed by atoms with van der Waals surface area (Å²) >= 11 is 0. The van der Waals surface area contributed by atoms with Crippen molar-refractivity contribution in [2.75, 3.05) is 11.1 Å². The van der Waals surface area contributed by atoms with E-state index in [1.165, 1.54) is 0 Å². The third-order valence-electron chi connectivity index (χ3n) is 6.26. The summed E-state index contributed by atoms with van der Waals surface area (Å²) in [6, 6.07) is 30.8. The molecule has 7 heteroatoms. The van der Waals surface area contributed by atoms with Gasteiger partial charge in [0.2, 0.25) is 0 Å². The number of azo groups is 2. The monoisotopic (exact) mass is 500 g/mol. The Kier molecular flexibility index (Phi) is 7.08. The Hall–Kier alpha value is -5.04. The molecule has 0 heterocycles. The quantitative estimate of drug-likeness (QED) is 0.153. The zero-order chi connectivity index (χ0) is 26.5. The summed E-state index contributed by atoms with van der Waals surface area (Å²) in [5.74, 6) is 0.0963. The van der Waals surface area contributed by atoms with Crippen LogP contribution in [0.2, 0.25) is 0 Å². The number of phenolic OH excluding ortho intramolecular Hbond substituents is 1. The average molecular weight is 501 g/mol. The van der Waals surface area contributed by atoms with Crippen LogP contribution in [0.5, 0.6) is 5.75 Å². The zero-order valence-electron chi connectivity index (χ0n) is 21.3. The molecule has 5 aromatic rings. The fraction of sp³-hybridized carbons (Fsp3) is 0.0968. The first-order valence-corrected chi connectivity index (χ1v) is 12.3. The van der Waals surface area contributed by atoms with Gasteiger partial charge in [0.05, 0.1) is 17.1 Å². The number of hydrogen-bond donors (Lipinski definition) is 3. The van der Waals surface area contributed by atoms with Crippen LogP contribution in [0.15, 0.2) is 118 Å². The van der Waals surface area contributed by atoms with Gasteiger partial charge in [-0.2, -0.15) is 15.3 Å². The highest BCUT2D eigenvalue weighted by Gasteiger charge is 2.09. The highest BCUT2D eigenvalue weighted by atomic mass is 16.3. The molecular formula is C31H28N6O. The second-order valence-corrected chi connectivity index (χ2v) is 9.13. The van der Waals surface area contributed by atoms with E-state index in [2.05, 4.69) is 25.8 Å². The predicted octanol–water partition coefficient (Wildman–Crippen LogP) is 9.19. The standard InChI is InChI=1S/C31H28N6O/c1-20-17-30(21(2)16-29(20)36-34-25-6-4-3-5-7-25)37-35-28-15-10-23-18-26(13-14-27(23)31(28)38)33-19-22-8-11-24(32)12-9-22/h3-18,33,38H,19,32H2,1-2H3. The lowest BCUT2D eigenvalue weighted by Gasteiger charge is -2.10. The van der Waals surface area contributed by atoms with E-state index in [0.29, 0.717) is 23.3 Å². The van der Waals surface area contributed by atoms with E-state index in [9.17, 15) is 5.11 Å². The summed E-state index contributed by atoms with van der Waals surface area (Å²) in [5.41, 5.74) is 13.1. The summed E-state index contributed by atoms with van der Waals surface area (Å²) in [5, 5.41) is 33.4. The number of hydrogen-bond acceptors (Lipinski definition) is 7. The first-order valence-electron chi connectivity index (χ1n) is 12.3. The molecule has 0 radical (unpaired) electrons. The highest BCUT2D eigenvalue weighted by Crippen LogP contribution is 2.37. The number of nitrogens with one attached hydrogen (secondary N) is 1. The van der Waals surface area contributed by atoms with Gasteiger partial charge in [0.1, 0.15) is 5.69 Å². The van der Waals surface area contributed by atoms with E-state index in [4.69, 9.17) is 5.73 Å². The van der Waals surface area contributed by atoms with Crippen LogP contribution < -0.4 is 11.1 Å². The summed E-state index contributed by atoms with van der Waals surface area (Å²) < 4.78 is 0. The van der Waals surface area contributed by atoms with Crippen molar-refractivity contribution in [1.29, 1.82) is 0 Å². The fourth-order valence-electron chi connectivity index (χ4n) is 4.05. The van der Waals surface area contributed by atoms with Crippen LogP contribution >= 0.6 is 0 Å². The largest absolute Gasteiger partial charge is 0.505 e. The Bertz CT molecular complexity index is 1640. The van der Waals surface area contributed by atoms with Crippen molar-refractivity contribution < 1.29 is 5.11 Å². The predicted molar refractivity (Wildman–Crippen MR) is 155 cm³/mol. The van der Waals surface area contributed by atoms with Gasteiger partial charge in [-0.05, 0) is 96.6 Å². The number of nitrogens with two attached hydrogens (primary N) is 1. The molecule has 7 nitrogen and oxygen atoms in total. The Balaban J connectivity index is 1.32. The molecule has 0 fully saturated rings. The maximum Gasteiger partial charge on any atom is 0.150 e. The smallest absolute Gasteiger partial charge is 0.150 e. The summed E-state index contributed by atoms with van der Waals surface area (Å²) in [6.45, 7) is 4.59. The number of aryl methyl sites for hydroxylation is 2. The molecule has 0 saturated heterocycles. The van der Waals surface area contributed by atoms with Crippen LogP contribution in [0.4, 0.5) is 34.1 Å². The molecule has 0 spiro atoms. The molecule has 5 rings (SSSR count). The minimum absolute atomic E-state index is 0.0963. The molecule has 0 saturated carbocycles. The minimum atomic E-state index is 0.0963. The van der Waals surface area contributed by atoms with Gasteiger partial charge in [-0.25, -0.2) is 0 Å². The van der Waals surface area contributed by atoms with Crippen LogP contribution in [0, 0.1) is 13.8 Å². The number of anilines is 2. The van der Waals surface area contributed by atoms with Gasteiger partial charge in [-0.15, -0.1) is 5.11 Å². The van der Waals surface area contributed by atoms with E-state index in [1.54, 1.807) is 6.07 Å². The topological polar surface area (TPSA) is 108 Å². The van der Waals surface area contributed by atoms with Gasteiger partial charge in [-0.1, -0.05) is 36.4 Å². The highest BCUT2D eigenvalue weighted by molar-refractivity contribution is 5.94. The summed E-state index contributed by atoms with van der Waals surface area (Å²) in [7, 11) is 0. The van der Waals surface area contributed by atoms with Crippen molar-refractivity contribution in [3.63, 3.8) is 0 Å². The maximum atomic E-state index is 10.9. The molecule has 0 bridgehead atoms. The number of nitrogens with zero attached hydrogens (tertiary/aromatic N) is 4. The minimum Gasteiger partial charge on any atom is -0.505 e. The first-order chi connectivity index (χ1) is 18.5. The van der Waals surface area contributed by atoms with E-state index < -0.39 is 0 Å². The molecule has 0 aromatic heterocycles. The van der Waals surface area contributed by atoms with E-state index in [1.807, 2.05) is 105 Å². The fourth-order valence-corrected chi connectivity index (χ4v) is 4.05. The van der Waals surface area contributed by atoms with Crippen molar-refractivity contribution in [3.8, 4) is 5.75 Å². The molecule has 0 aliphatic carbocycles. The van der Waals surface area contributed by atoms with Crippen LogP contribution in [0.3, 0.4) is 0 Å². The number of fused-ring (bicyclic) bond motifs is 1. The van der Waals surface area contributed by atoms with Crippen molar-refractivity contribution >= 4 is 44.9 Å². The number of phenols is 1. The Morgan fingerprint density at radius 2 is 1.34 bits per heavy atom. The first kappa shape index (κ1) is 24.6. The number of benzene rings is 5. The molecule has 0 amide bonds. The molecular weight excluding hydrogens is 472 g/mol. The number of nitrogen functional groups attached to an aromatic ring is 1. The van der Waals surface area contributed by atoms with Crippen molar-refractivity contribution in [1.82, 2.24) is 0 Å². The lowest BCUT2D eigenvalue weighted by atomic mass is 10.1. The van der Waals surface area contributed by atoms with Crippen molar-refractivity contribution in [2.24, 2.45) is 20.5 Å². The van der Waals surface area contributed by atoms with E-state index in [-0.39, 0.29) is 5.75 Å². The van der Waals surface area contributed by atoms with Crippen LogP contribution in [-0.4, -0.2) is 5.11 Å². The van der Waals surface area contributed by atoms with E-state index in [0.717, 1.165) is 44.8 Å². The van der Waals surface area contributed by atoms with Gasteiger partial charge >= 0.3 is 0 Å². The number of rotatable bonds is 7. The maximum absolute atomic E-state index is 10.9. The van der Waals surface area contributed by atoms with Crippen LogP contribution in [0.25, 0.3) is 10.8 Å². The number of aromatic hydroxyl groups is 1. The lowest BCUT2D eigenvalue weighted by Crippen LogP contribution is -1.99. The lowest BCUT2D eigenvalue weighted by molar-refractivity contribution is 0.482. The second kappa shape index (κ2) is 10.9. The summed E-state index contributed by atoms with van der Waals surface area (Å²) in [6.07, 6.45) is 0. The summed E-state index contributed by atoms with van der Waals surface area (Å²) in [4.78, 5) is 0. The van der Waals surface area contributed by atoms with Gasteiger partial charge in [0.25, 0.3) is 0 Å². The molecule has 4 N–H and O–H groups in total. The van der Waals surface area contributed by atoms with Crippen LogP contribution in [0.1, 0.15) is 16.7 Å². The van der Waals surface area contributed by atoms with Crippen molar-refractivity contribution in [3.05, 3.63) is 114 Å².